The zero-order valence-electron chi connectivity index (χ0n) is 26.0. The van der Waals surface area contributed by atoms with Gasteiger partial charge in [-0.25, -0.2) is 9.86 Å². The van der Waals surface area contributed by atoms with Crippen LogP contribution in [0.15, 0.2) is 30.5 Å². The molecule has 2 rings (SSSR count). The largest absolute Gasteiger partial charge is 0.479 e. The van der Waals surface area contributed by atoms with Crippen LogP contribution in [0.2, 0.25) is 0 Å². The molecule has 2 aromatic rings. The van der Waals surface area contributed by atoms with Crippen molar-refractivity contribution in [2.75, 3.05) is 26.2 Å². The average Bonchev–Trinajstić information content (AvgIpc) is 3.48. The molecule has 0 aliphatic heterocycles. The number of carboxylic acid groups (broad SMARTS) is 1. The predicted molar refractivity (Wildman–Crippen MR) is 167 cm³/mol. The summed E-state index contributed by atoms with van der Waals surface area (Å²) in [5, 5.41) is 51.3. The first-order valence-electron chi connectivity index (χ1n) is 15.0. The smallest absolute Gasteiger partial charge is 0.335 e. The van der Waals surface area contributed by atoms with Crippen LogP contribution in [0.3, 0.4) is 0 Å². The summed E-state index contributed by atoms with van der Waals surface area (Å²) in [6, 6.07) is 0.697. The van der Waals surface area contributed by atoms with Gasteiger partial charge in [0, 0.05) is 36.6 Å². The molecule has 1 aromatic heterocycles. The van der Waals surface area contributed by atoms with Crippen molar-refractivity contribution < 1.29 is 54.1 Å². The molecule has 0 saturated heterocycles. The van der Waals surface area contributed by atoms with E-state index in [0.717, 1.165) is 10.9 Å². The number of fused-ring (bicyclic) bond motifs is 1. The number of aliphatic hydroxyl groups excluding tert-OH is 2. The molecule has 0 radical (unpaired) electrons. The molecule has 48 heavy (non-hydrogen) atoms. The lowest BCUT2D eigenvalue weighted by atomic mass is 10.0. The number of rotatable bonds is 23. The number of unbranched alkanes of at least 4 members (excludes halogenated alkanes) is 1. The Balaban J connectivity index is 2.22. The fourth-order valence-electron chi connectivity index (χ4n) is 4.63. The molecule has 6 amide bonds. The molecule has 1 heterocycles. The number of aliphatic carboxylic acids is 1. The quantitative estimate of drug-likeness (QED) is 0.0233. The van der Waals surface area contributed by atoms with Crippen molar-refractivity contribution in [3.8, 4) is 0 Å². The number of nitrogens with zero attached hydrogens (tertiary/aromatic N) is 1. The number of nitrogens with two attached hydrogens (primary N) is 1. The Bertz CT molecular complexity index is 1400. The Labute approximate surface area is 274 Å². The number of amides is 6. The Morgan fingerprint density at radius 2 is 1.60 bits per heavy atom. The molecule has 0 spiro atoms. The van der Waals surface area contributed by atoms with Gasteiger partial charge in [0.1, 0.15) is 24.2 Å². The first-order valence-corrected chi connectivity index (χ1v) is 15.0. The highest BCUT2D eigenvalue weighted by Gasteiger charge is 2.37. The topological polar surface area (TPSA) is 306 Å². The lowest BCUT2D eigenvalue weighted by Crippen LogP contribution is -2.62. The molecule has 19 heteroatoms. The van der Waals surface area contributed by atoms with E-state index < -0.39 is 66.5 Å². The van der Waals surface area contributed by atoms with Crippen LogP contribution in [0.25, 0.3) is 10.9 Å². The van der Waals surface area contributed by atoms with Crippen LogP contribution in [0, 0.1) is 0 Å². The highest BCUT2D eigenvalue weighted by Crippen LogP contribution is 2.19. The molecule has 12 N–H and O–H groups in total. The Kier molecular flexibility index (Phi) is 16.4. The van der Waals surface area contributed by atoms with Crippen molar-refractivity contribution >= 4 is 53.3 Å². The number of aromatic amines is 1. The van der Waals surface area contributed by atoms with Crippen molar-refractivity contribution in [1.82, 2.24) is 36.6 Å². The molecule has 5 atom stereocenters. The predicted octanol–water partition coefficient (Wildman–Crippen LogP) is -3.80. The summed E-state index contributed by atoms with van der Waals surface area (Å²) in [7, 11) is 0. The van der Waals surface area contributed by atoms with Gasteiger partial charge in [0.15, 0.2) is 6.10 Å². The number of H-pyrrole nitrogens is 1. The maximum atomic E-state index is 13.3. The summed E-state index contributed by atoms with van der Waals surface area (Å²) in [6.07, 6.45) is 0.429. The first-order chi connectivity index (χ1) is 23.0. The van der Waals surface area contributed by atoms with Crippen molar-refractivity contribution in [2.45, 2.75) is 62.4 Å². The maximum Gasteiger partial charge on any atom is 0.335 e. The van der Waals surface area contributed by atoms with Gasteiger partial charge in [-0.1, -0.05) is 18.2 Å². The van der Waals surface area contributed by atoms with Crippen molar-refractivity contribution in [1.29, 1.82) is 0 Å². The maximum absolute atomic E-state index is 13.3. The molecule has 0 aliphatic rings. The van der Waals surface area contributed by atoms with Gasteiger partial charge in [0.05, 0.1) is 6.61 Å². The molecule has 0 bridgehead atoms. The molecule has 264 valence electrons. The normalized spacial score (nSPS) is 14.0. The van der Waals surface area contributed by atoms with Gasteiger partial charge in [-0.3, -0.25) is 34.0 Å². The third-order valence-corrected chi connectivity index (χ3v) is 7.21. The van der Waals surface area contributed by atoms with Gasteiger partial charge >= 0.3 is 5.97 Å². The molecule has 5 unspecified atom stereocenters. The fraction of sp³-hybridized carbons (Fsp3) is 0.483. The molecule has 19 nitrogen and oxygen atoms in total. The van der Waals surface area contributed by atoms with E-state index in [4.69, 9.17) is 5.73 Å². The number of carbonyl (C=O) groups excluding carboxylic acids is 6. The number of carboxylic acids is 1. The van der Waals surface area contributed by atoms with Crippen LogP contribution in [0.1, 0.15) is 31.2 Å². The number of carbonyl (C=O) groups is 7. The Hall–Kier alpha value is -5.11. The number of aliphatic hydroxyl groups is 2. The van der Waals surface area contributed by atoms with Crippen molar-refractivity contribution in [3.63, 3.8) is 0 Å². The number of hydroxylamine groups is 2. The number of hydrogen-bond acceptors (Lipinski definition) is 11. The van der Waals surface area contributed by atoms with Gasteiger partial charge in [-0.15, -0.1) is 0 Å². The SMILES string of the molecule is NCCCCNC(=O)C(Cc1c[nH]c2ccccc12)NC(=O)C(CO)NC(=O)C(NC(=O)C(CCCN(O)C=O)NC=O)C(O)C(=O)O. The van der Waals surface area contributed by atoms with E-state index in [-0.39, 0.29) is 50.2 Å². The van der Waals surface area contributed by atoms with Crippen molar-refractivity contribution in [2.24, 2.45) is 5.73 Å². The third kappa shape index (κ3) is 11.9. The second-order valence-corrected chi connectivity index (χ2v) is 10.7. The van der Waals surface area contributed by atoms with E-state index in [1.165, 1.54) is 0 Å². The van der Waals surface area contributed by atoms with E-state index in [2.05, 4.69) is 26.3 Å². The van der Waals surface area contributed by atoms with Gasteiger partial charge in [0.2, 0.25) is 36.4 Å². The van der Waals surface area contributed by atoms with Gasteiger partial charge in [-0.2, -0.15) is 0 Å². The minimum absolute atomic E-state index is 0.00694. The number of para-hydroxylation sites is 1. The molecular weight excluding hydrogens is 636 g/mol. The van der Waals surface area contributed by atoms with Crippen LogP contribution >= 0.6 is 0 Å². The lowest BCUT2D eigenvalue weighted by Gasteiger charge is -2.26. The second-order valence-electron chi connectivity index (χ2n) is 10.7. The minimum atomic E-state index is -2.54. The van der Waals surface area contributed by atoms with Crippen LogP contribution in [0.4, 0.5) is 0 Å². The average molecular weight is 679 g/mol. The highest BCUT2D eigenvalue weighted by atomic mass is 16.5. The van der Waals surface area contributed by atoms with E-state index in [9.17, 15) is 54.1 Å². The number of aromatic nitrogens is 1. The van der Waals surface area contributed by atoms with Crippen LogP contribution < -0.4 is 32.3 Å². The Morgan fingerprint density at radius 3 is 2.25 bits per heavy atom. The Morgan fingerprint density at radius 1 is 0.917 bits per heavy atom. The lowest BCUT2D eigenvalue weighted by molar-refractivity contribution is -0.152. The number of benzene rings is 1. The van der Waals surface area contributed by atoms with E-state index >= 15 is 0 Å². The summed E-state index contributed by atoms with van der Waals surface area (Å²) in [6.45, 7) is -0.571. The summed E-state index contributed by atoms with van der Waals surface area (Å²) in [4.78, 5) is 88.7. The van der Waals surface area contributed by atoms with Gasteiger partial charge in [0.25, 0.3) is 0 Å². The summed E-state index contributed by atoms with van der Waals surface area (Å²) in [5.74, 6) is -6.03. The molecule has 1 aromatic carbocycles. The minimum Gasteiger partial charge on any atom is -0.479 e. The standard InChI is InChI=1S/C29H42N8O11/c30-9-3-4-10-31-25(42)21(12-17-13-32-19-7-2-1-6-18(17)19)34-27(44)22(14-38)35-28(45)23(24(41)29(46)47)36-26(43)20(33-15-39)8-5-11-37(48)16-40/h1-2,6-7,13,15-16,20-24,32,38,41,48H,3-5,8-12,14,30H2,(H,31,42)(H,33,39)(H,34,44)(H,35,45)(H,36,43)(H,46,47). The third-order valence-electron chi connectivity index (χ3n) is 7.21. The van der Waals surface area contributed by atoms with E-state index in [1.54, 1.807) is 12.3 Å². The number of hydrogen-bond donors (Lipinski definition) is 11. The molecule has 0 saturated carbocycles. The monoisotopic (exact) mass is 678 g/mol. The zero-order valence-corrected chi connectivity index (χ0v) is 26.0. The first kappa shape index (κ1) is 39.1. The molecule has 0 fully saturated rings. The van der Waals surface area contributed by atoms with Crippen LogP contribution in [0.5, 0.6) is 0 Å². The summed E-state index contributed by atoms with van der Waals surface area (Å²) >= 11 is 0. The van der Waals surface area contributed by atoms with Gasteiger partial charge < -0.3 is 52.6 Å². The fourth-order valence-corrected chi connectivity index (χ4v) is 4.63. The van der Waals surface area contributed by atoms with E-state index in [1.807, 2.05) is 23.5 Å². The van der Waals surface area contributed by atoms with Gasteiger partial charge in [-0.05, 0) is 43.9 Å². The van der Waals surface area contributed by atoms with Crippen molar-refractivity contribution in [3.05, 3.63) is 36.0 Å². The summed E-state index contributed by atoms with van der Waals surface area (Å²) in [5.41, 5.74) is 6.97. The van der Waals surface area contributed by atoms with Crippen LogP contribution in [-0.2, 0) is 40.0 Å². The van der Waals surface area contributed by atoms with Crippen LogP contribution in [-0.4, -0.2) is 130 Å². The molecular formula is C29H42N8O11. The molecule has 0 aliphatic carbocycles. The second kappa shape index (κ2) is 20.2. The number of nitrogens with one attached hydrogen (secondary N) is 6. The summed E-state index contributed by atoms with van der Waals surface area (Å²) < 4.78 is 0. The highest BCUT2D eigenvalue weighted by molar-refractivity contribution is 5.97. The zero-order chi connectivity index (χ0) is 35.6. The van der Waals surface area contributed by atoms with E-state index in [0.29, 0.717) is 24.9 Å².